The number of benzene rings is 1. The fraction of sp³-hybridized carbons (Fsp3) is 0.529. The van der Waals surface area contributed by atoms with Crippen molar-refractivity contribution < 1.29 is 18.3 Å². The number of anilines is 2. The van der Waals surface area contributed by atoms with Gasteiger partial charge in [-0.25, -0.2) is 9.97 Å². The molecule has 1 fully saturated rings. The van der Waals surface area contributed by atoms with E-state index in [9.17, 15) is 18.3 Å². The minimum Gasteiger partial charge on any atom is -0.382 e. The predicted molar refractivity (Wildman–Crippen MR) is 94.6 cm³/mol. The number of fused-ring (bicyclic) bond motifs is 1. The Labute approximate surface area is 149 Å². The average Bonchev–Trinajstić information content (AvgIpc) is 2.60. The monoisotopic (exact) mass is 369 g/mol. The van der Waals surface area contributed by atoms with Gasteiger partial charge < -0.3 is 14.9 Å². The first-order chi connectivity index (χ1) is 12.3. The van der Waals surface area contributed by atoms with Crippen molar-refractivity contribution in [2.75, 3.05) is 56.6 Å². The Balaban J connectivity index is 1.71. The molecule has 1 atom stereocenters. The number of β-amino-alcohol motifs (C(OH)–C–C–N with tert-alkyl or cyclic N) is 1. The molecule has 9 heteroatoms. The number of hydrogen-bond donors (Lipinski definition) is 1. The molecular formula is C17H22F3N5O. The molecule has 2 aromatic rings. The van der Waals surface area contributed by atoms with E-state index in [-0.39, 0.29) is 6.54 Å². The van der Waals surface area contributed by atoms with Crippen molar-refractivity contribution in [1.82, 2.24) is 14.9 Å². The summed E-state index contributed by atoms with van der Waals surface area (Å²) in [4.78, 5) is 14.3. The summed E-state index contributed by atoms with van der Waals surface area (Å²) in [6.07, 6.45) is -5.34. The minimum atomic E-state index is -4.57. The molecule has 6 nitrogen and oxygen atoms in total. The fourth-order valence-corrected chi connectivity index (χ4v) is 3.12. The van der Waals surface area contributed by atoms with Crippen molar-refractivity contribution in [3.8, 4) is 0 Å². The van der Waals surface area contributed by atoms with Crippen LogP contribution in [0.15, 0.2) is 24.5 Å². The van der Waals surface area contributed by atoms with E-state index < -0.39 is 12.3 Å². The van der Waals surface area contributed by atoms with Gasteiger partial charge in [-0.1, -0.05) is 0 Å². The second kappa shape index (κ2) is 7.24. The molecule has 0 amide bonds. The molecule has 142 valence electrons. The lowest BCUT2D eigenvalue weighted by Gasteiger charge is -2.37. The van der Waals surface area contributed by atoms with Crippen LogP contribution in [0.5, 0.6) is 0 Å². The Hall–Kier alpha value is -2.13. The van der Waals surface area contributed by atoms with Crippen LogP contribution < -0.4 is 9.80 Å². The molecule has 1 aromatic carbocycles. The highest BCUT2D eigenvalue weighted by Gasteiger charge is 2.39. The van der Waals surface area contributed by atoms with E-state index in [1.54, 1.807) is 4.90 Å². The Morgan fingerprint density at radius 3 is 2.46 bits per heavy atom. The third-order valence-corrected chi connectivity index (χ3v) is 4.57. The zero-order chi connectivity index (χ0) is 18.9. The van der Waals surface area contributed by atoms with E-state index in [4.69, 9.17) is 0 Å². The molecular weight excluding hydrogens is 347 g/mol. The van der Waals surface area contributed by atoms with Crippen LogP contribution in [-0.2, 0) is 0 Å². The molecule has 26 heavy (non-hydrogen) atoms. The van der Waals surface area contributed by atoms with Crippen LogP contribution in [0.1, 0.15) is 0 Å². The Kier molecular flexibility index (Phi) is 5.19. The summed E-state index contributed by atoms with van der Waals surface area (Å²) in [7, 11) is 3.83. The molecule has 1 aliphatic rings. The molecule has 1 saturated heterocycles. The summed E-state index contributed by atoms with van der Waals surface area (Å²) in [5.74, 6) is 0.823. The van der Waals surface area contributed by atoms with Crippen molar-refractivity contribution in [2.24, 2.45) is 0 Å². The Morgan fingerprint density at radius 1 is 1.15 bits per heavy atom. The number of aliphatic hydroxyl groups excluding tert-OH is 1. The maximum atomic E-state index is 12.5. The number of hydrogen-bond acceptors (Lipinski definition) is 6. The zero-order valence-electron chi connectivity index (χ0n) is 14.7. The molecule has 3 rings (SSSR count). The van der Waals surface area contributed by atoms with Crippen molar-refractivity contribution in [3.05, 3.63) is 24.5 Å². The lowest BCUT2D eigenvalue weighted by atomic mass is 10.1. The summed E-state index contributed by atoms with van der Waals surface area (Å²) >= 11 is 0. The van der Waals surface area contributed by atoms with Crippen molar-refractivity contribution in [2.45, 2.75) is 12.3 Å². The first kappa shape index (κ1) is 18.7. The molecule has 1 aromatic heterocycles. The fourth-order valence-electron chi connectivity index (χ4n) is 3.12. The van der Waals surface area contributed by atoms with Gasteiger partial charge in [0.1, 0.15) is 12.1 Å². The van der Waals surface area contributed by atoms with Gasteiger partial charge in [-0.05, 0) is 18.2 Å². The van der Waals surface area contributed by atoms with Crippen LogP contribution in [0.4, 0.5) is 24.7 Å². The molecule has 1 N–H and O–H groups in total. The highest BCUT2D eigenvalue weighted by Crippen LogP contribution is 2.27. The van der Waals surface area contributed by atoms with Gasteiger partial charge in [-0.15, -0.1) is 0 Å². The van der Waals surface area contributed by atoms with E-state index in [1.165, 1.54) is 6.33 Å². The lowest BCUT2D eigenvalue weighted by molar-refractivity contribution is -0.208. The van der Waals surface area contributed by atoms with Crippen LogP contribution in [0.2, 0.25) is 0 Å². The summed E-state index contributed by atoms with van der Waals surface area (Å²) < 4.78 is 37.5. The van der Waals surface area contributed by atoms with E-state index in [0.717, 1.165) is 22.4 Å². The second-order valence-electron chi connectivity index (χ2n) is 6.64. The van der Waals surface area contributed by atoms with E-state index in [0.29, 0.717) is 26.2 Å². The number of aliphatic hydroxyl groups is 1. The number of halogens is 3. The SMILES string of the molecule is CN(C)c1ncnc2ccc(N3CCN(CC(O)C(F)(F)F)CC3)cc12. The second-order valence-corrected chi connectivity index (χ2v) is 6.64. The van der Waals surface area contributed by atoms with Gasteiger partial charge in [0, 0.05) is 57.9 Å². The average molecular weight is 369 g/mol. The topological polar surface area (TPSA) is 55.7 Å². The van der Waals surface area contributed by atoms with Crippen LogP contribution in [0.25, 0.3) is 10.9 Å². The smallest absolute Gasteiger partial charge is 0.382 e. The van der Waals surface area contributed by atoms with Crippen molar-refractivity contribution in [3.63, 3.8) is 0 Å². The third kappa shape index (κ3) is 3.99. The maximum absolute atomic E-state index is 12.5. The highest BCUT2D eigenvalue weighted by atomic mass is 19.4. The van der Waals surface area contributed by atoms with Gasteiger partial charge in [-0.3, -0.25) is 4.90 Å². The largest absolute Gasteiger partial charge is 0.415 e. The first-order valence-corrected chi connectivity index (χ1v) is 8.40. The summed E-state index contributed by atoms with van der Waals surface area (Å²) in [5, 5.41) is 10.2. The maximum Gasteiger partial charge on any atom is 0.415 e. The van der Waals surface area contributed by atoms with Gasteiger partial charge in [0.05, 0.1) is 5.52 Å². The number of piperazine rings is 1. The molecule has 0 radical (unpaired) electrons. The van der Waals surface area contributed by atoms with Crippen molar-refractivity contribution in [1.29, 1.82) is 0 Å². The standard InChI is InChI=1S/C17H22F3N5O/c1-23(2)16-13-9-12(3-4-14(13)21-11-22-16)25-7-5-24(6-8-25)10-15(26)17(18,19)20/h3-4,9,11,15,26H,5-8,10H2,1-2H3. The predicted octanol–water partition coefficient (Wildman–Crippen LogP) is 1.74. The molecule has 1 aliphatic heterocycles. The van der Waals surface area contributed by atoms with E-state index in [2.05, 4.69) is 14.9 Å². The summed E-state index contributed by atoms with van der Waals surface area (Å²) in [5.41, 5.74) is 1.84. The van der Waals surface area contributed by atoms with Gasteiger partial charge in [-0.2, -0.15) is 13.2 Å². The van der Waals surface area contributed by atoms with E-state index >= 15 is 0 Å². The van der Waals surface area contributed by atoms with Gasteiger partial charge >= 0.3 is 6.18 Å². The minimum absolute atomic E-state index is 0.381. The molecule has 0 saturated carbocycles. The zero-order valence-corrected chi connectivity index (χ0v) is 14.7. The number of alkyl halides is 3. The number of nitrogens with zero attached hydrogens (tertiary/aromatic N) is 5. The van der Waals surface area contributed by atoms with Crippen LogP contribution >= 0.6 is 0 Å². The van der Waals surface area contributed by atoms with Crippen molar-refractivity contribution >= 4 is 22.4 Å². The first-order valence-electron chi connectivity index (χ1n) is 8.40. The highest BCUT2D eigenvalue weighted by molar-refractivity contribution is 5.91. The summed E-state index contributed by atoms with van der Waals surface area (Å²) in [6, 6.07) is 5.92. The number of rotatable bonds is 4. The van der Waals surface area contributed by atoms with Crippen LogP contribution in [0.3, 0.4) is 0 Å². The Bertz CT molecular complexity index is 760. The van der Waals surface area contributed by atoms with E-state index in [1.807, 2.05) is 37.2 Å². The molecule has 1 unspecified atom stereocenters. The van der Waals surface area contributed by atoms with Gasteiger partial charge in [0.15, 0.2) is 6.10 Å². The van der Waals surface area contributed by atoms with Gasteiger partial charge in [0.25, 0.3) is 0 Å². The third-order valence-electron chi connectivity index (χ3n) is 4.57. The number of aromatic nitrogens is 2. The molecule has 0 bridgehead atoms. The molecule has 2 heterocycles. The summed E-state index contributed by atoms with van der Waals surface area (Å²) in [6.45, 7) is 1.75. The van der Waals surface area contributed by atoms with Crippen LogP contribution in [-0.4, -0.2) is 79.1 Å². The molecule has 0 aliphatic carbocycles. The Morgan fingerprint density at radius 2 is 1.85 bits per heavy atom. The molecule has 0 spiro atoms. The normalized spacial score (nSPS) is 17.5. The van der Waals surface area contributed by atoms with Gasteiger partial charge in [0.2, 0.25) is 0 Å². The van der Waals surface area contributed by atoms with Crippen LogP contribution in [0, 0.1) is 0 Å². The quantitative estimate of drug-likeness (QED) is 0.886. The lowest BCUT2D eigenvalue weighted by Crippen LogP contribution is -2.50.